The molecule has 0 spiro atoms. The zero-order valence-electron chi connectivity index (χ0n) is 11.4. The molecule has 1 N–H and O–H groups in total. The maximum Gasteiger partial charge on any atom is 0.327 e. The van der Waals surface area contributed by atoms with E-state index in [2.05, 4.69) is 11.9 Å². The average molecular weight is 265 g/mol. The second-order valence-corrected chi connectivity index (χ2v) is 3.77. The van der Waals surface area contributed by atoms with Crippen LogP contribution in [0.2, 0.25) is 0 Å². The van der Waals surface area contributed by atoms with Gasteiger partial charge in [-0.25, -0.2) is 4.79 Å². The van der Waals surface area contributed by atoms with Gasteiger partial charge in [0.15, 0.2) is 11.5 Å². The van der Waals surface area contributed by atoms with Crippen molar-refractivity contribution in [1.82, 2.24) is 5.32 Å². The summed E-state index contributed by atoms with van der Waals surface area (Å²) < 4.78 is 15.2. The van der Waals surface area contributed by atoms with Crippen LogP contribution in [0.5, 0.6) is 11.5 Å². The van der Waals surface area contributed by atoms with Gasteiger partial charge in [0.2, 0.25) is 0 Å². The quantitative estimate of drug-likeness (QED) is 0.600. The summed E-state index contributed by atoms with van der Waals surface area (Å²) in [5.41, 5.74) is 0.742. The Morgan fingerprint density at radius 2 is 2.00 bits per heavy atom. The second kappa shape index (κ2) is 7.43. The minimum atomic E-state index is -0.567. The molecule has 1 rings (SSSR count). The van der Waals surface area contributed by atoms with Gasteiger partial charge in [0.1, 0.15) is 6.04 Å². The summed E-state index contributed by atoms with van der Waals surface area (Å²) >= 11 is 0. The third-order valence-corrected chi connectivity index (χ3v) is 2.64. The minimum Gasteiger partial charge on any atom is -0.493 e. The first-order valence-electron chi connectivity index (χ1n) is 5.82. The van der Waals surface area contributed by atoms with Crippen LogP contribution in [-0.4, -0.2) is 33.8 Å². The van der Waals surface area contributed by atoms with Gasteiger partial charge in [-0.2, -0.15) is 0 Å². The molecule has 0 saturated carbocycles. The van der Waals surface area contributed by atoms with Crippen molar-refractivity contribution in [2.45, 2.75) is 6.04 Å². The Morgan fingerprint density at radius 3 is 2.53 bits per heavy atom. The topological polar surface area (TPSA) is 56.8 Å². The van der Waals surface area contributed by atoms with E-state index in [4.69, 9.17) is 14.2 Å². The molecule has 0 radical (unpaired) electrons. The standard InChI is InChI=1S/C14H19NO4/c1-5-8-15-13(14(16)19-4)10-6-7-11(17-2)12(9-10)18-3/h5-7,9,13,15H,1,8H2,2-4H3. The Morgan fingerprint density at radius 1 is 1.32 bits per heavy atom. The van der Waals surface area contributed by atoms with E-state index in [1.54, 1.807) is 38.5 Å². The Bertz CT molecular complexity index is 445. The number of carbonyl (C=O) groups excluding carboxylic acids is 1. The highest BCUT2D eigenvalue weighted by Gasteiger charge is 2.21. The molecule has 0 aliphatic heterocycles. The van der Waals surface area contributed by atoms with E-state index in [0.717, 1.165) is 5.56 Å². The largest absolute Gasteiger partial charge is 0.493 e. The summed E-state index contributed by atoms with van der Waals surface area (Å²) in [5, 5.41) is 3.04. The smallest absolute Gasteiger partial charge is 0.327 e. The molecule has 0 heterocycles. The lowest BCUT2D eigenvalue weighted by molar-refractivity contribution is -0.143. The third kappa shape index (κ3) is 3.72. The van der Waals surface area contributed by atoms with Crippen LogP contribution in [0, 0.1) is 0 Å². The highest BCUT2D eigenvalue weighted by Crippen LogP contribution is 2.30. The molecule has 1 aromatic rings. The maximum absolute atomic E-state index is 11.8. The highest BCUT2D eigenvalue weighted by molar-refractivity contribution is 5.78. The molecule has 0 bridgehead atoms. The number of ether oxygens (including phenoxy) is 3. The Balaban J connectivity index is 3.07. The molecule has 0 fully saturated rings. The van der Waals surface area contributed by atoms with Crippen molar-refractivity contribution in [3.8, 4) is 11.5 Å². The normalized spacial score (nSPS) is 11.5. The van der Waals surface area contributed by atoms with E-state index in [1.807, 2.05) is 0 Å². The van der Waals surface area contributed by atoms with Gasteiger partial charge < -0.3 is 14.2 Å². The van der Waals surface area contributed by atoms with E-state index in [9.17, 15) is 4.79 Å². The summed E-state index contributed by atoms with van der Waals surface area (Å²) in [5.74, 6) is 0.807. The van der Waals surface area contributed by atoms with Gasteiger partial charge >= 0.3 is 5.97 Å². The van der Waals surface area contributed by atoms with Crippen LogP contribution in [0.1, 0.15) is 11.6 Å². The van der Waals surface area contributed by atoms with Crippen LogP contribution in [-0.2, 0) is 9.53 Å². The molecular weight excluding hydrogens is 246 g/mol. The summed E-state index contributed by atoms with van der Waals surface area (Å²) in [6.45, 7) is 4.11. The lowest BCUT2D eigenvalue weighted by Crippen LogP contribution is -2.29. The van der Waals surface area contributed by atoms with Crippen LogP contribution >= 0.6 is 0 Å². The van der Waals surface area contributed by atoms with E-state index in [1.165, 1.54) is 7.11 Å². The summed E-state index contributed by atoms with van der Waals surface area (Å²) in [6.07, 6.45) is 1.68. The van der Waals surface area contributed by atoms with Crippen molar-refractivity contribution in [3.05, 3.63) is 36.4 Å². The summed E-state index contributed by atoms with van der Waals surface area (Å²) in [6, 6.07) is 4.72. The molecule has 5 nitrogen and oxygen atoms in total. The zero-order chi connectivity index (χ0) is 14.3. The van der Waals surface area contributed by atoms with Crippen LogP contribution in [0.4, 0.5) is 0 Å². The van der Waals surface area contributed by atoms with Crippen LogP contribution < -0.4 is 14.8 Å². The first-order chi connectivity index (χ1) is 9.17. The monoisotopic (exact) mass is 265 g/mol. The minimum absolute atomic E-state index is 0.367. The van der Waals surface area contributed by atoms with Crippen LogP contribution in [0.15, 0.2) is 30.9 Å². The van der Waals surface area contributed by atoms with Gasteiger partial charge in [-0.3, -0.25) is 5.32 Å². The number of hydrogen-bond donors (Lipinski definition) is 1. The highest BCUT2D eigenvalue weighted by atomic mass is 16.5. The molecular formula is C14H19NO4. The fraction of sp³-hybridized carbons (Fsp3) is 0.357. The molecule has 0 saturated heterocycles. The predicted octanol–water partition coefficient (Wildman–Crippen LogP) is 1.69. The first kappa shape index (κ1) is 15.0. The van der Waals surface area contributed by atoms with Gasteiger partial charge in [0.25, 0.3) is 0 Å². The molecule has 5 heteroatoms. The number of hydrogen-bond acceptors (Lipinski definition) is 5. The SMILES string of the molecule is C=CCNC(C(=O)OC)c1ccc(OC)c(OC)c1. The van der Waals surface area contributed by atoms with E-state index in [0.29, 0.717) is 18.0 Å². The number of benzene rings is 1. The van der Waals surface area contributed by atoms with Gasteiger partial charge in [-0.1, -0.05) is 12.1 Å². The molecule has 0 amide bonds. The summed E-state index contributed by atoms with van der Waals surface area (Å²) in [4.78, 5) is 11.8. The fourth-order valence-corrected chi connectivity index (χ4v) is 1.69. The lowest BCUT2D eigenvalue weighted by atomic mass is 10.1. The molecule has 104 valence electrons. The number of esters is 1. The van der Waals surface area contributed by atoms with Gasteiger partial charge in [0.05, 0.1) is 21.3 Å². The van der Waals surface area contributed by atoms with Crippen molar-refractivity contribution >= 4 is 5.97 Å². The number of carbonyl (C=O) groups is 1. The maximum atomic E-state index is 11.8. The molecule has 1 atom stereocenters. The average Bonchev–Trinajstić information content (AvgIpc) is 2.46. The second-order valence-electron chi connectivity index (χ2n) is 3.77. The van der Waals surface area contributed by atoms with Gasteiger partial charge in [0, 0.05) is 6.54 Å². The molecule has 19 heavy (non-hydrogen) atoms. The number of methoxy groups -OCH3 is 3. The number of rotatable bonds is 7. The summed E-state index contributed by atoms with van der Waals surface area (Å²) in [7, 11) is 4.46. The third-order valence-electron chi connectivity index (χ3n) is 2.64. The zero-order valence-corrected chi connectivity index (χ0v) is 11.4. The first-order valence-corrected chi connectivity index (χ1v) is 5.82. The van der Waals surface area contributed by atoms with Gasteiger partial charge in [-0.15, -0.1) is 6.58 Å². The van der Waals surface area contributed by atoms with Crippen molar-refractivity contribution < 1.29 is 19.0 Å². The lowest BCUT2D eigenvalue weighted by Gasteiger charge is -2.17. The van der Waals surface area contributed by atoms with E-state index >= 15 is 0 Å². The predicted molar refractivity (Wildman–Crippen MR) is 72.5 cm³/mol. The Labute approximate surface area is 113 Å². The van der Waals surface area contributed by atoms with Crippen molar-refractivity contribution in [2.24, 2.45) is 0 Å². The molecule has 1 aromatic carbocycles. The van der Waals surface area contributed by atoms with Crippen molar-refractivity contribution in [3.63, 3.8) is 0 Å². The van der Waals surface area contributed by atoms with Gasteiger partial charge in [-0.05, 0) is 17.7 Å². The molecule has 0 aliphatic rings. The van der Waals surface area contributed by atoms with Crippen molar-refractivity contribution in [2.75, 3.05) is 27.9 Å². The van der Waals surface area contributed by atoms with Crippen LogP contribution in [0.3, 0.4) is 0 Å². The fourth-order valence-electron chi connectivity index (χ4n) is 1.69. The molecule has 0 aromatic heterocycles. The van der Waals surface area contributed by atoms with E-state index < -0.39 is 6.04 Å². The van der Waals surface area contributed by atoms with Crippen LogP contribution in [0.25, 0.3) is 0 Å². The molecule has 1 unspecified atom stereocenters. The molecule has 0 aliphatic carbocycles. The van der Waals surface area contributed by atoms with Crippen molar-refractivity contribution in [1.29, 1.82) is 0 Å². The Kier molecular flexibility index (Phi) is 5.89. The Hall–Kier alpha value is -2.01. The number of nitrogens with one attached hydrogen (secondary N) is 1. The van der Waals surface area contributed by atoms with E-state index in [-0.39, 0.29) is 5.97 Å².